The van der Waals surface area contributed by atoms with Crippen molar-refractivity contribution in [1.29, 1.82) is 0 Å². The first-order valence-corrected chi connectivity index (χ1v) is 13.8. The molecule has 3 aromatic carbocycles. The molecule has 0 aliphatic rings. The Hall–Kier alpha value is -5.81. The lowest BCUT2D eigenvalue weighted by molar-refractivity contribution is 1.18. The molecule has 0 fully saturated rings. The van der Waals surface area contributed by atoms with Crippen LogP contribution in [-0.2, 0) is 0 Å². The standard InChI is InChI=1S/C37H25N5/c1-4-12-26(13-5-1)30-23-35(31-18-10-11-20-38-31)40-36(24-30)34-22-29(19-21-39-34)33-25-32(27-14-6-2-7-15-27)41-37(42-33)28-16-8-3-9-17-28/h1-25H. The van der Waals surface area contributed by atoms with Crippen LogP contribution in [0.5, 0.6) is 0 Å². The van der Waals surface area contributed by atoms with Crippen LogP contribution in [0.2, 0.25) is 0 Å². The van der Waals surface area contributed by atoms with Crippen molar-refractivity contribution in [3.8, 4) is 67.8 Å². The second kappa shape index (κ2) is 11.4. The number of hydrogen-bond donors (Lipinski definition) is 0. The molecule has 0 unspecified atom stereocenters. The molecule has 42 heavy (non-hydrogen) atoms. The third kappa shape index (κ3) is 5.31. The zero-order chi connectivity index (χ0) is 28.1. The Morgan fingerprint density at radius 1 is 0.286 bits per heavy atom. The van der Waals surface area contributed by atoms with Crippen LogP contribution in [0.15, 0.2) is 152 Å². The van der Waals surface area contributed by atoms with Gasteiger partial charge in [0, 0.05) is 29.1 Å². The summed E-state index contributed by atoms with van der Waals surface area (Å²) >= 11 is 0. The molecule has 4 heterocycles. The molecule has 198 valence electrons. The van der Waals surface area contributed by atoms with Crippen molar-refractivity contribution in [3.05, 3.63) is 152 Å². The number of nitrogens with zero attached hydrogens (tertiary/aromatic N) is 5. The maximum atomic E-state index is 5.01. The van der Waals surface area contributed by atoms with E-state index >= 15 is 0 Å². The van der Waals surface area contributed by atoms with Crippen LogP contribution in [0.1, 0.15) is 0 Å². The van der Waals surface area contributed by atoms with E-state index in [0.717, 1.165) is 62.0 Å². The molecule has 0 aliphatic heterocycles. The summed E-state index contributed by atoms with van der Waals surface area (Å²) in [4.78, 5) is 24.2. The van der Waals surface area contributed by atoms with Gasteiger partial charge in [-0.25, -0.2) is 15.0 Å². The second-order valence-corrected chi connectivity index (χ2v) is 9.83. The van der Waals surface area contributed by atoms with Crippen molar-refractivity contribution in [2.45, 2.75) is 0 Å². The molecule has 0 spiro atoms. The van der Waals surface area contributed by atoms with Crippen LogP contribution in [0, 0.1) is 0 Å². The summed E-state index contributed by atoms with van der Waals surface area (Å²) in [5.41, 5.74) is 9.87. The number of aromatic nitrogens is 5. The van der Waals surface area contributed by atoms with Gasteiger partial charge in [0.15, 0.2) is 5.82 Å². The molecule has 0 N–H and O–H groups in total. The largest absolute Gasteiger partial charge is 0.255 e. The van der Waals surface area contributed by atoms with Crippen LogP contribution in [0.4, 0.5) is 0 Å². The number of pyridine rings is 3. The van der Waals surface area contributed by atoms with Gasteiger partial charge in [-0.2, -0.15) is 0 Å². The lowest BCUT2D eigenvalue weighted by atomic mass is 10.0. The molecule has 5 nitrogen and oxygen atoms in total. The van der Waals surface area contributed by atoms with E-state index in [1.807, 2.05) is 109 Å². The highest BCUT2D eigenvalue weighted by Gasteiger charge is 2.14. The van der Waals surface area contributed by atoms with E-state index in [1.54, 1.807) is 6.20 Å². The fourth-order valence-electron chi connectivity index (χ4n) is 4.90. The zero-order valence-corrected chi connectivity index (χ0v) is 22.7. The maximum Gasteiger partial charge on any atom is 0.160 e. The van der Waals surface area contributed by atoms with E-state index in [1.165, 1.54) is 0 Å². The van der Waals surface area contributed by atoms with E-state index in [2.05, 4.69) is 41.4 Å². The van der Waals surface area contributed by atoms with Crippen LogP contribution in [-0.4, -0.2) is 24.9 Å². The molecule has 0 radical (unpaired) electrons. The first-order chi connectivity index (χ1) is 20.8. The average molecular weight is 540 g/mol. The highest BCUT2D eigenvalue weighted by Crippen LogP contribution is 2.32. The molecule has 7 aromatic rings. The van der Waals surface area contributed by atoms with Gasteiger partial charge in [0.2, 0.25) is 0 Å². The number of benzene rings is 3. The third-order valence-electron chi connectivity index (χ3n) is 7.01. The van der Waals surface area contributed by atoms with Crippen molar-refractivity contribution >= 4 is 0 Å². The van der Waals surface area contributed by atoms with Gasteiger partial charge in [-0.1, -0.05) is 97.1 Å². The maximum absolute atomic E-state index is 5.01. The van der Waals surface area contributed by atoms with Gasteiger partial charge >= 0.3 is 0 Å². The molecule has 0 bridgehead atoms. The lowest BCUT2D eigenvalue weighted by Crippen LogP contribution is -1.97. The predicted octanol–water partition coefficient (Wildman–Crippen LogP) is 8.66. The average Bonchev–Trinajstić information content (AvgIpc) is 3.09. The summed E-state index contributed by atoms with van der Waals surface area (Å²) in [5, 5.41) is 0. The van der Waals surface area contributed by atoms with E-state index in [9.17, 15) is 0 Å². The topological polar surface area (TPSA) is 64.5 Å². The van der Waals surface area contributed by atoms with E-state index in [-0.39, 0.29) is 0 Å². The minimum atomic E-state index is 0.673. The van der Waals surface area contributed by atoms with Crippen LogP contribution < -0.4 is 0 Å². The number of rotatable bonds is 6. The Kier molecular flexibility index (Phi) is 6.81. The van der Waals surface area contributed by atoms with Crippen molar-refractivity contribution in [2.24, 2.45) is 0 Å². The van der Waals surface area contributed by atoms with Crippen molar-refractivity contribution < 1.29 is 0 Å². The zero-order valence-electron chi connectivity index (χ0n) is 22.7. The molecule has 0 atom stereocenters. The van der Waals surface area contributed by atoms with Crippen molar-refractivity contribution in [3.63, 3.8) is 0 Å². The SMILES string of the molecule is c1ccc(-c2cc(-c3ccccn3)nc(-c3cc(-c4cc(-c5ccccc5)nc(-c5ccccc5)n4)ccn3)c2)cc1. The molecule has 0 saturated carbocycles. The third-order valence-corrected chi connectivity index (χ3v) is 7.01. The Bertz CT molecular complexity index is 1700. The number of hydrogen-bond acceptors (Lipinski definition) is 5. The molecule has 5 heteroatoms. The monoisotopic (exact) mass is 539 g/mol. The molecule has 7 rings (SSSR count). The van der Waals surface area contributed by atoms with Gasteiger partial charge in [0.25, 0.3) is 0 Å². The molecular formula is C37H25N5. The smallest absolute Gasteiger partial charge is 0.160 e. The van der Waals surface area contributed by atoms with E-state index < -0.39 is 0 Å². The molecule has 4 aromatic heterocycles. The molecule has 0 amide bonds. The van der Waals surface area contributed by atoms with Gasteiger partial charge in [0.1, 0.15) is 0 Å². The first-order valence-electron chi connectivity index (χ1n) is 13.8. The van der Waals surface area contributed by atoms with Crippen LogP contribution in [0.3, 0.4) is 0 Å². The molecule has 0 saturated heterocycles. The second-order valence-electron chi connectivity index (χ2n) is 9.83. The summed E-state index contributed by atoms with van der Waals surface area (Å²) in [6.07, 6.45) is 3.60. The molecule has 0 aliphatic carbocycles. The van der Waals surface area contributed by atoms with E-state index in [0.29, 0.717) is 5.82 Å². The quantitative estimate of drug-likeness (QED) is 0.212. The van der Waals surface area contributed by atoms with Gasteiger partial charge in [-0.05, 0) is 53.6 Å². The summed E-state index contributed by atoms with van der Waals surface area (Å²) < 4.78 is 0. The normalized spacial score (nSPS) is 10.9. The Morgan fingerprint density at radius 3 is 1.50 bits per heavy atom. The summed E-state index contributed by atoms with van der Waals surface area (Å²) in [7, 11) is 0. The highest BCUT2D eigenvalue weighted by atomic mass is 14.9. The van der Waals surface area contributed by atoms with Gasteiger partial charge in [0.05, 0.1) is 34.2 Å². The fourth-order valence-corrected chi connectivity index (χ4v) is 4.90. The van der Waals surface area contributed by atoms with Crippen LogP contribution >= 0.6 is 0 Å². The highest BCUT2D eigenvalue weighted by molar-refractivity contribution is 5.77. The first kappa shape index (κ1) is 25.2. The van der Waals surface area contributed by atoms with E-state index in [4.69, 9.17) is 19.9 Å². The van der Waals surface area contributed by atoms with Gasteiger partial charge in [-0.3, -0.25) is 9.97 Å². The fraction of sp³-hybridized carbons (Fsp3) is 0. The van der Waals surface area contributed by atoms with Crippen LogP contribution in [0.25, 0.3) is 67.8 Å². The van der Waals surface area contributed by atoms with Crippen molar-refractivity contribution in [2.75, 3.05) is 0 Å². The predicted molar refractivity (Wildman–Crippen MR) is 168 cm³/mol. The van der Waals surface area contributed by atoms with Crippen molar-refractivity contribution in [1.82, 2.24) is 24.9 Å². The Balaban J connectivity index is 1.37. The minimum absolute atomic E-state index is 0.673. The Morgan fingerprint density at radius 2 is 0.833 bits per heavy atom. The minimum Gasteiger partial charge on any atom is -0.255 e. The summed E-state index contributed by atoms with van der Waals surface area (Å²) in [5.74, 6) is 0.673. The van der Waals surface area contributed by atoms with Gasteiger partial charge in [-0.15, -0.1) is 0 Å². The summed E-state index contributed by atoms with van der Waals surface area (Å²) in [6.45, 7) is 0. The van der Waals surface area contributed by atoms with Gasteiger partial charge < -0.3 is 0 Å². The molecular weight excluding hydrogens is 514 g/mol. The summed E-state index contributed by atoms with van der Waals surface area (Å²) in [6, 6.07) is 46.6. The Labute approximate surface area is 244 Å². The lowest BCUT2D eigenvalue weighted by Gasteiger charge is -2.11.